The molecule has 1 aromatic carbocycles. The minimum atomic E-state index is 0.246. The first-order valence-corrected chi connectivity index (χ1v) is 18.4. The highest BCUT2D eigenvalue weighted by atomic mass is 16.5. The van der Waals surface area contributed by atoms with Gasteiger partial charge in [0.15, 0.2) is 0 Å². The molecule has 3 fully saturated rings. The predicted molar refractivity (Wildman–Crippen MR) is 182 cm³/mol. The van der Waals surface area contributed by atoms with Gasteiger partial charge in [-0.2, -0.15) is 0 Å². The van der Waals surface area contributed by atoms with E-state index in [9.17, 15) is 0 Å². The van der Waals surface area contributed by atoms with Gasteiger partial charge in [0.05, 0.1) is 5.60 Å². The summed E-state index contributed by atoms with van der Waals surface area (Å²) >= 11 is 0. The van der Waals surface area contributed by atoms with Crippen molar-refractivity contribution in [1.82, 2.24) is 5.32 Å². The first kappa shape index (κ1) is 33.8. The van der Waals surface area contributed by atoms with Crippen molar-refractivity contribution in [2.75, 3.05) is 6.61 Å². The Hall–Kier alpha value is -1.12. The summed E-state index contributed by atoms with van der Waals surface area (Å²) < 4.78 is 6.40. The molecule has 2 nitrogen and oxygen atoms in total. The van der Waals surface area contributed by atoms with Crippen LogP contribution in [0.5, 0.6) is 0 Å². The molecule has 238 valence electrons. The van der Waals surface area contributed by atoms with Gasteiger partial charge in [0.1, 0.15) is 0 Å². The van der Waals surface area contributed by atoms with E-state index in [-0.39, 0.29) is 5.60 Å². The third kappa shape index (κ3) is 8.12. The average molecular weight is 578 g/mol. The molecule has 7 atom stereocenters. The van der Waals surface area contributed by atoms with Crippen molar-refractivity contribution in [3.63, 3.8) is 0 Å². The summed E-state index contributed by atoms with van der Waals surface area (Å²) in [7, 11) is 0. The van der Waals surface area contributed by atoms with Crippen molar-refractivity contribution in [1.29, 1.82) is 0 Å². The van der Waals surface area contributed by atoms with E-state index in [0.29, 0.717) is 22.9 Å². The van der Waals surface area contributed by atoms with Gasteiger partial charge < -0.3 is 10.1 Å². The highest BCUT2D eigenvalue weighted by Crippen LogP contribution is 2.60. The summed E-state index contributed by atoms with van der Waals surface area (Å²) in [6, 6.07) is 10.5. The highest BCUT2D eigenvalue weighted by molar-refractivity contribution is 5.27. The van der Waals surface area contributed by atoms with E-state index in [0.717, 1.165) is 37.2 Å². The molecule has 3 aliphatic rings. The third-order valence-corrected chi connectivity index (χ3v) is 12.7. The van der Waals surface area contributed by atoms with Crippen molar-refractivity contribution < 1.29 is 4.74 Å². The van der Waals surface area contributed by atoms with E-state index in [1.165, 1.54) is 101 Å². The van der Waals surface area contributed by atoms with Crippen LogP contribution in [0.3, 0.4) is 0 Å². The summed E-state index contributed by atoms with van der Waals surface area (Å²) in [5.74, 6) is 2.59. The lowest BCUT2D eigenvalue weighted by Gasteiger charge is -2.57. The van der Waals surface area contributed by atoms with Crippen LogP contribution in [0.4, 0.5) is 0 Å². The zero-order valence-corrected chi connectivity index (χ0v) is 28.8. The average Bonchev–Trinajstić information content (AvgIpc) is 3.46. The smallest absolute Gasteiger partial charge is 0.0686 e. The molecule has 0 aromatic heterocycles. The largest absolute Gasteiger partial charge is 0.375 e. The van der Waals surface area contributed by atoms with E-state index >= 15 is 0 Å². The number of hydrogen-bond donors (Lipinski definition) is 1. The lowest BCUT2D eigenvalue weighted by atomic mass is 9.49. The molecule has 1 heterocycles. The van der Waals surface area contributed by atoms with Crippen molar-refractivity contribution in [2.24, 2.45) is 28.6 Å². The highest BCUT2D eigenvalue weighted by Gasteiger charge is 2.54. The molecule has 2 heteroatoms. The lowest BCUT2D eigenvalue weighted by Crippen LogP contribution is -2.51. The van der Waals surface area contributed by atoms with Gasteiger partial charge in [-0.15, -0.1) is 0 Å². The van der Waals surface area contributed by atoms with E-state index in [2.05, 4.69) is 90.2 Å². The molecule has 0 bridgehead atoms. The molecule has 2 saturated carbocycles. The molecule has 1 saturated heterocycles. The number of ether oxygens (including phenoxy) is 1. The molecule has 2 aliphatic carbocycles. The Morgan fingerprint density at radius 2 is 1.90 bits per heavy atom. The fourth-order valence-electron chi connectivity index (χ4n) is 9.34. The molecular formula is C40H67NO. The van der Waals surface area contributed by atoms with Gasteiger partial charge in [-0.1, -0.05) is 97.7 Å². The van der Waals surface area contributed by atoms with Crippen LogP contribution in [0.2, 0.25) is 0 Å². The van der Waals surface area contributed by atoms with Crippen LogP contribution in [0.1, 0.15) is 162 Å². The van der Waals surface area contributed by atoms with Crippen LogP contribution in [0.15, 0.2) is 36.4 Å². The second-order valence-corrected chi connectivity index (χ2v) is 15.5. The zero-order chi connectivity index (χ0) is 30.2. The van der Waals surface area contributed by atoms with Crippen LogP contribution in [0, 0.1) is 28.6 Å². The maximum atomic E-state index is 6.40. The Balaban J connectivity index is 1.33. The van der Waals surface area contributed by atoms with E-state index in [1.807, 2.05) is 0 Å². The fourth-order valence-corrected chi connectivity index (χ4v) is 9.34. The monoisotopic (exact) mass is 578 g/mol. The van der Waals surface area contributed by atoms with Crippen LogP contribution < -0.4 is 5.32 Å². The molecular weight excluding hydrogens is 510 g/mol. The Bertz CT molecular complexity index is 974. The molecule has 1 spiro atoms. The first-order chi connectivity index (χ1) is 20.2. The fraction of sp³-hybridized carbons (Fsp3) is 0.800. The van der Waals surface area contributed by atoms with Crippen LogP contribution >= 0.6 is 0 Å². The maximum absolute atomic E-state index is 6.40. The number of benzene rings is 1. The topological polar surface area (TPSA) is 21.3 Å². The van der Waals surface area contributed by atoms with Gasteiger partial charge in [-0.3, -0.25) is 0 Å². The SMILES string of the molecule is CCCC(NC(CC)CC)c1cccc(CCC=CC(C)(CC)CCC2C(C)CCC3CC4(CCCO4)CCC32C)c1. The van der Waals surface area contributed by atoms with Crippen LogP contribution in [0.25, 0.3) is 0 Å². The molecule has 1 N–H and O–H groups in total. The van der Waals surface area contributed by atoms with Crippen LogP contribution in [-0.2, 0) is 11.2 Å². The zero-order valence-electron chi connectivity index (χ0n) is 28.8. The number of rotatable bonds is 15. The van der Waals surface area contributed by atoms with Crippen molar-refractivity contribution in [3.05, 3.63) is 47.5 Å². The van der Waals surface area contributed by atoms with Crippen molar-refractivity contribution in [2.45, 2.75) is 169 Å². The molecule has 42 heavy (non-hydrogen) atoms. The van der Waals surface area contributed by atoms with E-state index < -0.39 is 0 Å². The summed E-state index contributed by atoms with van der Waals surface area (Å²) in [6.07, 6.45) is 25.6. The lowest BCUT2D eigenvalue weighted by molar-refractivity contribution is -0.124. The van der Waals surface area contributed by atoms with E-state index in [4.69, 9.17) is 4.74 Å². The number of hydrogen-bond acceptors (Lipinski definition) is 2. The van der Waals surface area contributed by atoms with Crippen molar-refractivity contribution in [3.8, 4) is 0 Å². The first-order valence-electron chi connectivity index (χ1n) is 18.4. The van der Waals surface area contributed by atoms with Gasteiger partial charge in [-0.25, -0.2) is 0 Å². The van der Waals surface area contributed by atoms with Gasteiger partial charge in [-0.05, 0) is 130 Å². The third-order valence-electron chi connectivity index (χ3n) is 12.7. The molecule has 0 radical (unpaired) electrons. The quantitative estimate of drug-likeness (QED) is 0.209. The van der Waals surface area contributed by atoms with Gasteiger partial charge in [0.25, 0.3) is 0 Å². The molecule has 1 aromatic rings. The summed E-state index contributed by atoms with van der Waals surface area (Å²) in [6.45, 7) is 18.1. The Morgan fingerprint density at radius 3 is 2.60 bits per heavy atom. The summed E-state index contributed by atoms with van der Waals surface area (Å²) in [5, 5.41) is 3.95. The molecule has 1 aliphatic heterocycles. The van der Waals surface area contributed by atoms with Crippen LogP contribution in [-0.4, -0.2) is 18.2 Å². The number of nitrogens with one attached hydrogen (secondary N) is 1. The second kappa shape index (κ2) is 15.2. The van der Waals surface area contributed by atoms with E-state index in [1.54, 1.807) is 0 Å². The minimum absolute atomic E-state index is 0.246. The predicted octanol–water partition coefficient (Wildman–Crippen LogP) is 11.4. The number of allylic oxidation sites excluding steroid dienone is 2. The molecule has 7 unspecified atom stereocenters. The Morgan fingerprint density at radius 1 is 1.10 bits per heavy atom. The van der Waals surface area contributed by atoms with Gasteiger partial charge in [0.2, 0.25) is 0 Å². The Kier molecular flexibility index (Phi) is 12.3. The number of aryl methyl sites for hydroxylation is 1. The number of fused-ring (bicyclic) bond motifs is 1. The Labute approximate surface area is 261 Å². The molecule has 0 amide bonds. The second-order valence-electron chi connectivity index (χ2n) is 15.5. The maximum Gasteiger partial charge on any atom is 0.0686 e. The van der Waals surface area contributed by atoms with Crippen molar-refractivity contribution >= 4 is 0 Å². The molecule has 4 rings (SSSR count). The summed E-state index contributed by atoms with van der Waals surface area (Å²) in [4.78, 5) is 0. The van der Waals surface area contributed by atoms with Gasteiger partial charge >= 0.3 is 0 Å². The summed E-state index contributed by atoms with van der Waals surface area (Å²) in [5.41, 5.74) is 4.03. The normalized spacial score (nSPS) is 32.0. The van der Waals surface area contributed by atoms with Gasteiger partial charge in [0, 0.05) is 18.7 Å². The standard InChI is InChI=1S/C40H67NO/c1-8-16-37(41-35(9-2)10-3)33-19-14-18-32(29-33)17-12-13-23-38(6,11-4)25-22-36-31(5)20-21-34-30-40(24-15-28-42-40)27-26-39(34,36)7/h13-14,18-19,23,29,31,34-37,41H,8-12,15-17,20-22,24-28,30H2,1-7H3. The minimum Gasteiger partial charge on any atom is -0.375 e.